The minimum Gasteiger partial charge on any atom is -0.389 e. The summed E-state index contributed by atoms with van der Waals surface area (Å²) in [5.41, 5.74) is -2.35. The Kier molecular flexibility index (Phi) is 17.2. The van der Waals surface area contributed by atoms with E-state index in [9.17, 15) is 65.8 Å². The standard InChI is InChI=1S/C54H88O21/c1-22(2)18-26(55)20-54(11,67)27-12-16-53(10)33(27)28(56)19-31-51(8)15-14-32(50(6,7)30(51)13-17-52(31,53)9)73-49-45(75-48-43(66)40(63)36(59)25(5)71-48)44(74-47-42(65)39(62)35(58)24(4)70-47)37(60)29(72-49)21-68-46-41(64)38(61)34(57)23(3)69-46/h18,23-25,27,29-49,57-67H,12-17,19-21H2,1-11H3/t23-,24-,25-,27-,29+,30-,31+,32-,33-,34-,35+,36+,37+,38+,39+,40-,41+,42-,43+,44-,45+,46-,47-,48+,49+,51-,52+,53-,54+/m1/s1. The van der Waals surface area contributed by atoms with E-state index in [-0.39, 0.29) is 46.6 Å². The van der Waals surface area contributed by atoms with Crippen molar-refractivity contribution in [1.82, 2.24) is 0 Å². The number of fused-ring (bicyclic) bond motifs is 5. The summed E-state index contributed by atoms with van der Waals surface area (Å²) >= 11 is 0. The van der Waals surface area contributed by atoms with Gasteiger partial charge in [-0.2, -0.15) is 0 Å². The molecule has 0 spiro atoms. The van der Waals surface area contributed by atoms with Gasteiger partial charge in [-0.25, -0.2) is 0 Å². The van der Waals surface area contributed by atoms with Crippen LogP contribution >= 0.6 is 0 Å². The van der Waals surface area contributed by atoms with Crippen molar-refractivity contribution >= 4 is 11.6 Å². The third-order valence-corrected chi connectivity index (χ3v) is 20.2. The van der Waals surface area contributed by atoms with E-state index in [1.807, 2.05) is 13.8 Å². The highest BCUT2D eigenvalue weighted by molar-refractivity contribution is 5.91. The molecule has 0 amide bonds. The molecule has 430 valence electrons. The zero-order valence-electron chi connectivity index (χ0n) is 45.4. The number of hydrogen-bond acceptors (Lipinski definition) is 21. The summed E-state index contributed by atoms with van der Waals surface area (Å²) in [6.07, 6.45) is -26.2. The first-order valence-corrected chi connectivity index (χ1v) is 27.2. The van der Waals surface area contributed by atoms with Crippen LogP contribution in [0.25, 0.3) is 0 Å². The fourth-order valence-electron chi connectivity index (χ4n) is 15.7. The molecule has 0 radical (unpaired) electrons. The normalized spacial score (nSPS) is 52.7. The fraction of sp³-hybridized carbons (Fsp3) is 0.926. The molecule has 4 saturated carbocycles. The number of carbonyl (C=O) groups excluding carboxylic acids is 2. The van der Waals surface area contributed by atoms with Gasteiger partial charge in [0.05, 0.1) is 36.6 Å². The summed E-state index contributed by atoms with van der Waals surface area (Å²) in [5, 5.41) is 122. The Labute approximate surface area is 439 Å². The number of ketones is 2. The average molecular weight is 1070 g/mol. The maximum Gasteiger partial charge on any atom is 0.187 e. The van der Waals surface area contributed by atoms with Crippen molar-refractivity contribution in [3.63, 3.8) is 0 Å². The molecule has 8 aliphatic rings. The molecule has 29 atom stereocenters. The molecule has 8 fully saturated rings. The zero-order chi connectivity index (χ0) is 55.4. The van der Waals surface area contributed by atoms with E-state index in [4.69, 9.17) is 37.9 Å². The maximum absolute atomic E-state index is 14.8. The highest BCUT2D eigenvalue weighted by Gasteiger charge is 2.72. The topological polar surface area (TPSA) is 331 Å². The van der Waals surface area contributed by atoms with E-state index in [0.29, 0.717) is 25.7 Å². The Hall–Kier alpha value is -1.68. The van der Waals surface area contributed by atoms with Crippen LogP contribution in [0, 0.1) is 45.3 Å². The number of rotatable bonds is 13. The lowest BCUT2D eigenvalue weighted by atomic mass is 9.35. The van der Waals surface area contributed by atoms with E-state index in [2.05, 4.69) is 34.6 Å². The van der Waals surface area contributed by atoms with Crippen LogP contribution in [0.5, 0.6) is 0 Å². The smallest absolute Gasteiger partial charge is 0.187 e. The first-order valence-electron chi connectivity index (χ1n) is 27.2. The van der Waals surface area contributed by atoms with Crippen molar-refractivity contribution in [2.24, 2.45) is 45.3 Å². The summed E-state index contributed by atoms with van der Waals surface area (Å²) in [6.45, 7) is 20.2. The molecule has 4 saturated heterocycles. The van der Waals surface area contributed by atoms with Crippen molar-refractivity contribution < 1.29 is 104 Å². The largest absolute Gasteiger partial charge is 0.389 e. The van der Waals surface area contributed by atoms with Crippen LogP contribution in [0.3, 0.4) is 0 Å². The van der Waals surface area contributed by atoms with Gasteiger partial charge >= 0.3 is 0 Å². The number of hydrogen-bond donors (Lipinski definition) is 11. The van der Waals surface area contributed by atoms with Crippen LogP contribution in [0.2, 0.25) is 0 Å². The molecule has 0 aromatic heterocycles. The number of carbonyl (C=O) groups is 2. The number of aliphatic hydroxyl groups is 11. The molecule has 21 nitrogen and oxygen atoms in total. The summed E-state index contributed by atoms with van der Waals surface area (Å²) in [7, 11) is 0. The molecule has 0 aromatic rings. The first-order chi connectivity index (χ1) is 34.8. The van der Waals surface area contributed by atoms with Gasteiger partial charge < -0.3 is 94.1 Å². The molecule has 11 N–H and O–H groups in total. The third-order valence-electron chi connectivity index (χ3n) is 20.2. The zero-order valence-corrected chi connectivity index (χ0v) is 45.4. The van der Waals surface area contributed by atoms with Crippen molar-refractivity contribution in [3.8, 4) is 0 Å². The maximum atomic E-state index is 14.8. The van der Waals surface area contributed by atoms with Crippen LogP contribution in [-0.4, -0.2) is 209 Å². The summed E-state index contributed by atoms with van der Waals surface area (Å²) < 4.78 is 49.9. The summed E-state index contributed by atoms with van der Waals surface area (Å²) in [4.78, 5) is 27.9. The second-order valence-corrected chi connectivity index (χ2v) is 25.6. The molecular weight excluding hydrogens is 985 g/mol. The monoisotopic (exact) mass is 1070 g/mol. The minimum absolute atomic E-state index is 0.0358. The van der Waals surface area contributed by atoms with E-state index in [0.717, 1.165) is 24.8 Å². The van der Waals surface area contributed by atoms with Gasteiger partial charge in [0.1, 0.15) is 85.1 Å². The second-order valence-electron chi connectivity index (χ2n) is 25.6. The Morgan fingerprint density at radius 3 is 1.67 bits per heavy atom. The third kappa shape index (κ3) is 10.4. The number of aliphatic hydroxyl groups excluding tert-OH is 10. The lowest BCUT2D eigenvalue weighted by molar-refractivity contribution is -0.400. The van der Waals surface area contributed by atoms with Gasteiger partial charge in [-0.05, 0) is 126 Å². The number of Topliss-reactive ketones (excluding diaryl/α,β-unsaturated/α-hetero) is 1. The van der Waals surface area contributed by atoms with Gasteiger partial charge in [0.2, 0.25) is 0 Å². The minimum atomic E-state index is -1.87. The van der Waals surface area contributed by atoms with Crippen LogP contribution < -0.4 is 0 Å². The van der Waals surface area contributed by atoms with Crippen LogP contribution in [-0.2, 0) is 47.5 Å². The molecule has 0 unspecified atom stereocenters. The quantitative estimate of drug-likeness (QED) is 0.0871. The Morgan fingerprint density at radius 1 is 0.613 bits per heavy atom. The average Bonchev–Trinajstić information content (AvgIpc) is 3.72. The van der Waals surface area contributed by atoms with Gasteiger partial charge in [0, 0.05) is 18.8 Å². The molecule has 0 aromatic carbocycles. The predicted molar refractivity (Wildman–Crippen MR) is 261 cm³/mol. The van der Waals surface area contributed by atoms with Gasteiger partial charge in [0.25, 0.3) is 0 Å². The molecule has 4 aliphatic carbocycles. The van der Waals surface area contributed by atoms with Crippen molar-refractivity contribution in [3.05, 3.63) is 11.6 Å². The van der Waals surface area contributed by atoms with E-state index < -0.39 is 158 Å². The van der Waals surface area contributed by atoms with Crippen LogP contribution in [0.4, 0.5) is 0 Å². The molecule has 21 heteroatoms. The molecule has 75 heavy (non-hydrogen) atoms. The van der Waals surface area contributed by atoms with Crippen LogP contribution in [0.15, 0.2) is 11.6 Å². The van der Waals surface area contributed by atoms with Gasteiger partial charge in [-0.3, -0.25) is 9.59 Å². The summed E-state index contributed by atoms with van der Waals surface area (Å²) in [6, 6.07) is 0. The number of allylic oxidation sites excluding steroid dienone is 2. The first kappa shape index (κ1) is 59.4. The van der Waals surface area contributed by atoms with Gasteiger partial charge in [0.15, 0.2) is 30.9 Å². The molecule has 0 bridgehead atoms. The summed E-state index contributed by atoms with van der Waals surface area (Å²) in [5.74, 6) is -0.942. The molecular formula is C54H88O21. The predicted octanol–water partition coefficient (Wildman–Crippen LogP) is 0.267. The van der Waals surface area contributed by atoms with Crippen molar-refractivity contribution in [2.75, 3.05) is 6.61 Å². The van der Waals surface area contributed by atoms with Crippen LogP contribution in [0.1, 0.15) is 128 Å². The van der Waals surface area contributed by atoms with E-state index in [1.54, 1.807) is 13.0 Å². The molecule has 4 heterocycles. The Bertz CT molecular complexity index is 2070. The fourth-order valence-corrected chi connectivity index (χ4v) is 15.7. The number of ether oxygens (including phenoxy) is 8. The van der Waals surface area contributed by atoms with Crippen molar-refractivity contribution in [2.45, 2.75) is 262 Å². The molecule has 4 aliphatic heterocycles. The van der Waals surface area contributed by atoms with E-state index >= 15 is 0 Å². The Morgan fingerprint density at radius 2 is 1.12 bits per heavy atom. The highest BCUT2D eigenvalue weighted by atomic mass is 16.8. The van der Waals surface area contributed by atoms with E-state index in [1.165, 1.54) is 20.8 Å². The van der Waals surface area contributed by atoms with Gasteiger partial charge in [-0.1, -0.05) is 40.2 Å². The Balaban J connectivity index is 1.10. The lowest BCUT2D eigenvalue weighted by Crippen LogP contribution is -2.68. The molecule has 8 rings (SSSR count). The van der Waals surface area contributed by atoms with Crippen molar-refractivity contribution in [1.29, 1.82) is 0 Å². The second kappa shape index (κ2) is 21.7. The lowest BCUT2D eigenvalue weighted by Gasteiger charge is -2.69. The van der Waals surface area contributed by atoms with Gasteiger partial charge in [-0.15, -0.1) is 0 Å². The highest BCUT2D eigenvalue weighted by Crippen LogP contribution is 2.75. The SMILES string of the molecule is CC(C)=CC(=O)C[C@](C)(O)[C@@H]1CC[C@]2(C)[C@H]1C(=O)C[C@H]1[C@]3(C)CC[C@@H](O[C@@H]4O[C@@H](CO[C@@H]5O[C@H](C)[C@@H](O)[C@H](O)[C@@H]5O)[C@H](O)[C@@H](O[C@H]5O[C@H](C)[C@H](O)[C@H](O)[C@H]5O)[C@@H]4O[C@@H]4O[C@H](C)[C@H](O)[C@@H](O)[C@@H]4O)C(C)(C)[C@H]3CC[C@@]12C.